The first-order chi connectivity index (χ1) is 16.5. The minimum atomic E-state index is -0.777. The summed E-state index contributed by atoms with van der Waals surface area (Å²) in [6.07, 6.45) is 4.25. The van der Waals surface area contributed by atoms with Crippen molar-refractivity contribution < 1.29 is 28.6 Å². The molecular weight excluding hydrogens is 436 g/mol. The fraction of sp³-hybridized carbons (Fsp3) is 0.346. The first-order valence-corrected chi connectivity index (χ1v) is 11.3. The Labute approximate surface area is 199 Å². The third kappa shape index (κ3) is 7.37. The highest BCUT2D eigenvalue weighted by Gasteiger charge is 2.22. The number of methoxy groups -OCH3 is 1. The van der Waals surface area contributed by atoms with Crippen LogP contribution < -0.4 is 14.8 Å². The van der Waals surface area contributed by atoms with Crippen LogP contribution in [0.2, 0.25) is 0 Å². The zero-order valence-electron chi connectivity index (χ0n) is 19.5. The number of carbonyl (C=O) groups is 3. The van der Waals surface area contributed by atoms with Gasteiger partial charge >= 0.3 is 6.16 Å². The van der Waals surface area contributed by atoms with Crippen molar-refractivity contribution in [3.8, 4) is 11.5 Å². The Balaban J connectivity index is 1.40. The lowest BCUT2D eigenvalue weighted by Crippen LogP contribution is -2.40. The monoisotopic (exact) mass is 466 g/mol. The number of nitrogens with zero attached hydrogens (tertiary/aromatic N) is 1. The van der Waals surface area contributed by atoms with E-state index in [2.05, 4.69) is 5.32 Å². The van der Waals surface area contributed by atoms with Crippen molar-refractivity contribution in [1.82, 2.24) is 10.2 Å². The summed E-state index contributed by atoms with van der Waals surface area (Å²) in [6, 6.07) is 13.8. The van der Waals surface area contributed by atoms with Crippen molar-refractivity contribution in [2.45, 2.75) is 19.8 Å². The van der Waals surface area contributed by atoms with Crippen molar-refractivity contribution in [2.24, 2.45) is 5.92 Å². The van der Waals surface area contributed by atoms with Gasteiger partial charge in [0.15, 0.2) is 0 Å². The lowest BCUT2D eigenvalue weighted by Gasteiger charge is -2.31. The van der Waals surface area contributed by atoms with Crippen molar-refractivity contribution in [3.63, 3.8) is 0 Å². The SMILES string of the molecule is CCOC(=O)Oc1ccc(C(=O)NCC2CCN(C(=O)/C=C/c3cccc(OC)c3)CC2)cc1. The van der Waals surface area contributed by atoms with Gasteiger partial charge in [-0.25, -0.2) is 4.79 Å². The van der Waals surface area contributed by atoms with Gasteiger partial charge in [0.1, 0.15) is 11.5 Å². The number of rotatable bonds is 8. The van der Waals surface area contributed by atoms with Gasteiger partial charge in [-0.3, -0.25) is 9.59 Å². The Kier molecular flexibility index (Phi) is 9.08. The molecule has 34 heavy (non-hydrogen) atoms. The molecule has 1 aliphatic rings. The van der Waals surface area contributed by atoms with Crippen LogP contribution in [0.5, 0.6) is 11.5 Å². The molecule has 0 aromatic heterocycles. The minimum Gasteiger partial charge on any atom is -0.497 e. The molecule has 8 nitrogen and oxygen atoms in total. The van der Waals surface area contributed by atoms with E-state index in [4.69, 9.17) is 14.2 Å². The van der Waals surface area contributed by atoms with Gasteiger partial charge in [0.05, 0.1) is 13.7 Å². The number of nitrogens with one attached hydrogen (secondary N) is 1. The summed E-state index contributed by atoms with van der Waals surface area (Å²) in [5.74, 6) is 1.16. The number of hydrogen-bond donors (Lipinski definition) is 1. The standard InChI is InChI=1S/C26H30N2O6/c1-3-33-26(31)34-22-10-8-21(9-11-22)25(30)27-18-20-13-15-28(16-14-20)24(29)12-7-19-5-4-6-23(17-19)32-2/h4-12,17,20H,3,13-16,18H2,1-2H3,(H,27,30)/b12-7+. The average Bonchev–Trinajstić information content (AvgIpc) is 2.87. The quantitative estimate of drug-likeness (QED) is 0.360. The molecule has 1 heterocycles. The van der Waals surface area contributed by atoms with Gasteiger partial charge in [-0.1, -0.05) is 12.1 Å². The van der Waals surface area contributed by atoms with Crippen LogP contribution in [0.1, 0.15) is 35.7 Å². The lowest BCUT2D eigenvalue weighted by molar-refractivity contribution is -0.127. The van der Waals surface area contributed by atoms with E-state index < -0.39 is 6.16 Å². The summed E-state index contributed by atoms with van der Waals surface area (Å²) < 4.78 is 14.9. The van der Waals surface area contributed by atoms with Crippen molar-refractivity contribution in [2.75, 3.05) is 33.4 Å². The van der Waals surface area contributed by atoms with Gasteiger partial charge in [0, 0.05) is 31.3 Å². The molecule has 180 valence electrons. The van der Waals surface area contributed by atoms with Gasteiger partial charge in [-0.05, 0) is 73.7 Å². The van der Waals surface area contributed by atoms with E-state index >= 15 is 0 Å². The van der Waals surface area contributed by atoms with Gasteiger partial charge in [-0.2, -0.15) is 0 Å². The normalized spacial score (nSPS) is 14.0. The van der Waals surface area contributed by atoms with Crippen LogP contribution in [0.25, 0.3) is 6.08 Å². The first kappa shape index (κ1) is 24.8. The molecule has 3 rings (SSSR count). The highest BCUT2D eigenvalue weighted by molar-refractivity contribution is 5.94. The maximum Gasteiger partial charge on any atom is 0.513 e. The molecule has 2 amide bonds. The van der Waals surface area contributed by atoms with Crippen LogP contribution in [0.3, 0.4) is 0 Å². The molecule has 1 N–H and O–H groups in total. The predicted octanol–water partition coefficient (Wildman–Crippen LogP) is 3.91. The molecule has 1 saturated heterocycles. The fourth-order valence-corrected chi connectivity index (χ4v) is 3.63. The minimum absolute atomic E-state index is 0.0181. The van der Waals surface area contributed by atoms with Gasteiger partial charge in [0.25, 0.3) is 5.91 Å². The summed E-state index contributed by atoms with van der Waals surface area (Å²) in [4.78, 5) is 38.1. The van der Waals surface area contributed by atoms with Crippen molar-refractivity contribution in [3.05, 3.63) is 65.7 Å². The summed E-state index contributed by atoms with van der Waals surface area (Å²) >= 11 is 0. The number of piperidine rings is 1. The Morgan fingerprint density at radius 1 is 1.06 bits per heavy atom. The van der Waals surface area contributed by atoms with Gasteiger partial charge in [-0.15, -0.1) is 0 Å². The molecule has 8 heteroatoms. The third-order valence-corrected chi connectivity index (χ3v) is 5.57. The van der Waals surface area contributed by atoms with E-state index in [1.165, 1.54) is 0 Å². The maximum atomic E-state index is 12.5. The Morgan fingerprint density at radius 3 is 2.47 bits per heavy atom. The van der Waals surface area contributed by atoms with Crippen LogP contribution in [-0.4, -0.2) is 56.2 Å². The largest absolute Gasteiger partial charge is 0.513 e. The Morgan fingerprint density at radius 2 is 1.79 bits per heavy atom. The molecule has 0 radical (unpaired) electrons. The van der Waals surface area contributed by atoms with Gasteiger partial charge in [0.2, 0.25) is 5.91 Å². The van der Waals surface area contributed by atoms with Crippen LogP contribution in [0, 0.1) is 5.92 Å². The van der Waals surface area contributed by atoms with Crippen molar-refractivity contribution >= 4 is 24.0 Å². The second-order valence-corrected chi connectivity index (χ2v) is 7.90. The number of amides is 2. The molecule has 1 fully saturated rings. The Bertz CT molecular complexity index is 1010. The molecular formula is C26H30N2O6. The number of carbonyl (C=O) groups excluding carboxylic acids is 3. The molecule has 2 aromatic rings. The number of hydrogen-bond acceptors (Lipinski definition) is 6. The van der Waals surface area contributed by atoms with E-state index in [1.807, 2.05) is 29.2 Å². The van der Waals surface area contributed by atoms with E-state index in [-0.39, 0.29) is 18.4 Å². The first-order valence-electron chi connectivity index (χ1n) is 11.3. The molecule has 0 saturated carbocycles. The molecule has 0 spiro atoms. The maximum absolute atomic E-state index is 12.5. The van der Waals surface area contributed by atoms with E-state index in [0.717, 1.165) is 24.2 Å². The van der Waals surface area contributed by atoms with E-state index in [1.54, 1.807) is 50.5 Å². The predicted molar refractivity (Wildman–Crippen MR) is 128 cm³/mol. The summed E-state index contributed by atoms with van der Waals surface area (Å²) in [5.41, 5.74) is 1.39. The van der Waals surface area contributed by atoms with Crippen LogP contribution in [-0.2, 0) is 9.53 Å². The molecule has 0 aliphatic carbocycles. The number of likely N-dealkylation sites (tertiary alicyclic amines) is 1. The zero-order valence-corrected chi connectivity index (χ0v) is 19.5. The smallest absolute Gasteiger partial charge is 0.497 e. The van der Waals surface area contributed by atoms with Crippen LogP contribution >= 0.6 is 0 Å². The number of ether oxygens (including phenoxy) is 3. The summed E-state index contributed by atoms with van der Waals surface area (Å²) in [7, 11) is 1.61. The molecule has 0 bridgehead atoms. The average molecular weight is 467 g/mol. The molecule has 2 aromatic carbocycles. The van der Waals surface area contributed by atoms with Crippen LogP contribution in [0.15, 0.2) is 54.6 Å². The summed E-state index contributed by atoms with van der Waals surface area (Å²) in [5, 5.41) is 2.95. The van der Waals surface area contributed by atoms with Gasteiger partial charge < -0.3 is 24.4 Å². The number of benzene rings is 2. The fourth-order valence-electron chi connectivity index (χ4n) is 3.63. The summed E-state index contributed by atoms with van der Waals surface area (Å²) in [6.45, 7) is 3.77. The third-order valence-electron chi connectivity index (χ3n) is 5.57. The molecule has 0 atom stereocenters. The van der Waals surface area contributed by atoms with E-state index in [9.17, 15) is 14.4 Å². The molecule has 1 aliphatic heterocycles. The van der Waals surface area contributed by atoms with Crippen LogP contribution in [0.4, 0.5) is 4.79 Å². The second-order valence-electron chi connectivity index (χ2n) is 7.90. The van der Waals surface area contributed by atoms with Crippen molar-refractivity contribution in [1.29, 1.82) is 0 Å². The topological polar surface area (TPSA) is 94.2 Å². The van der Waals surface area contributed by atoms with E-state index in [0.29, 0.717) is 36.9 Å². The second kappa shape index (κ2) is 12.4. The Hall–Kier alpha value is -3.81. The highest BCUT2D eigenvalue weighted by atomic mass is 16.7. The molecule has 0 unspecified atom stereocenters. The lowest BCUT2D eigenvalue weighted by atomic mass is 9.96. The highest BCUT2D eigenvalue weighted by Crippen LogP contribution is 2.19. The zero-order chi connectivity index (χ0) is 24.3.